The fraction of sp³-hybridized carbons (Fsp3) is 1.00. The van der Waals surface area contributed by atoms with Gasteiger partial charge in [-0.15, -0.1) is 0 Å². The Kier molecular flexibility index (Phi) is 5.18. The predicted octanol–water partition coefficient (Wildman–Crippen LogP) is 4.06. The van der Waals surface area contributed by atoms with E-state index >= 15 is 0 Å². The van der Waals surface area contributed by atoms with Crippen molar-refractivity contribution in [3.63, 3.8) is 0 Å². The number of rotatable bonds is 3. The summed E-state index contributed by atoms with van der Waals surface area (Å²) in [4.78, 5) is 0. The molecule has 1 nitrogen and oxygen atoms in total. The van der Waals surface area contributed by atoms with E-state index in [1.807, 2.05) is 0 Å². The van der Waals surface area contributed by atoms with E-state index < -0.39 is 0 Å². The van der Waals surface area contributed by atoms with Crippen LogP contribution < -0.4 is 5.73 Å². The van der Waals surface area contributed by atoms with E-state index in [1.165, 1.54) is 25.7 Å². The molecule has 0 spiro atoms. The van der Waals surface area contributed by atoms with Gasteiger partial charge in [0.15, 0.2) is 0 Å². The summed E-state index contributed by atoms with van der Waals surface area (Å²) in [6, 6.07) is 0.428. The fourth-order valence-electron chi connectivity index (χ4n) is 2.49. The minimum atomic E-state index is 0.428. The van der Waals surface area contributed by atoms with Crippen molar-refractivity contribution in [3.8, 4) is 0 Å². The average Bonchev–Trinajstić information content (AvgIpc) is 2.19. The Labute approximate surface area is 106 Å². The van der Waals surface area contributed by atoms with Crippen LogP contribution in [0.1, 0.15) is 60.3 Å². The molecule has 4 atom stereocenters. The number of hydrogen-bond acceptors (Lipinski definition) is 2. The van der Waals surface area contributed by atoms with Crippen LogP contribution in [0.25, 0.3) is 0 Å². The van der Waals surface area contributed by atoms with Crippen molar-refractivity contribution in [2.75, 3.05) is 0 Å². The molecule has 0 saturated heterocycles. The highest BCUT2D eigenvalue weighted by molar-refractivity contribution is 8.00. The Balaban J connectivity index is 2.55. The molecule has 2 N–H and O–H groups in total. The zero-order chi connectivity index (χ0) is 12.3. The maximum Gasteiger partial charge on any atom is 0.0204 e. The molecule has 1 rings (SSSR count). The molecule has 96 valence electrons. The second-order valence-electron chi connectivity index (χ2n) is 6.43. The van der Waals surface area contributed by atoms with E-state index in [0.29, 0.717) is 16.7 Å². The lowest BCUT2D eigenvalue weighted by molar-refractivity contribution is 0.174. The molecular weight excluding hydrogens is 214 g/mol. The SMILES string of the molecule is CCC(C)SC1CC(C(C)(C)C)CCC1N. The highest BCUT2D eigenvalue weighted by Gasteiger charge is 2.35. The van der Waals surface area contributed by atoms with E-state index in [2.05, 4.69) is 46.4 Å². The second-order valence-corrected chi connectivity index (χ2v) is 8.12. The normalized spacial score (nSPS) is 33.8. The molecule has 1 fully saturated rings. The van der Waals surface area contributed by atoms with Gasteiger partial charge in [-0.1, -0.05) is 34.6 Å². The Morgan fingerprint density at radius 2 is 1.94 bits per heavy atom. The molecule has 0 aromatic rings. The van der Waals surface area contributed by atoms with Crippen molar-refractivity contribution < 1.29 is 0 Å². The lowest BCUT2D eigenvalue weighted by Gasteiger charge is -2.41. The van der Waals surface area contributed by atoms with Gasteiger partial charge in [-0.3, -0.25) is 0 Å². The first-order valence-corrected chi connectivity index (χ1v) is 7.70. The van der Waals surface area contributed by atoms with Gasteiger partial charge < -0.3 is 5.73 Å². The van der Waals surface area contributed by atoms with Gasteiger partial charge in [-0.2, -0.15) is 11.8 Å². The van der Waals surface area contributed by atoms with Crippen LogP contribution >= 0.6 is 11.8 Å². The molecule has 0 aromatic carbocycles. The molecule has 0 aliphatic heterocycles. The Hall–Kier alpha value is 0.310. The summed E-state index contributed by atoms with van der Waals surface area (Å²) in [6.07, 6.45) is 5.12. The summed E-state index contributed by atoms with van der Waals surface area (Å²) in [6.45, 7) is 11.7. The van der Waals surface area contributed by atoms with E-state index in [-0.39, 0.29) is 0 Å². The monoisotopic (exact) mass is 243 g/mol. The van der Waals surface area contributed by atoms with Gasteiger partial charge in [-0.25, -0.2) is 0 Å². The zero-order valence-electron chi connectivity index (χ0n) is 11.6. The van der Waals surface area contributed by atoms with Crippen molar-refractivity contribution >= 4 is 11.8 Å². The Morgan fingerprint density at radius 3 is 2.44 bits per heavy atom. The molecule has 0 bridgehead atoms. The molecule has 0 aromatic heterocycles. The van der Waals surface area contributed by atoms with Crippen LogP contribution in [0.4, 0.5) is 0 Å². The topological polar surface area (TPSA) is 26.0 Å². The van der Waals surface area contributed by atoms with E-state index in [0.717, 1.165) is 11.2 Å². The minimum Gasteiger partial charge on any atom is -0.327 e. The lowest BCUT2D eigenvalue weighted by atomic mass is 9.71. The van der Waals surface area contributed by atoms with Gasteiger partial charge in [-0.05, 0) is 37.0 Å². The van der Waals surface area contributed by atoms with Crippen molar-refractivity contribution in [2.45, 2.75) is 76.8 Å². The van der Waals surface area contributed by atoms with E-state index in [1.54, 1.807) is 0 Å². The highest BCUT2D eigenvalue weighted by Crippen LogP contribution is 2.42. The third-order valence-electron chi connectivity index (χ3n) is 4.05. The molecule has 1 saturated carbocycles. The van der Waals surface area contributed by atoms with Gasteiger partial charge >= 0.3 is 0 Å². The minimum absolute atomic E-state index is 0.428. The third kappa shape index (κ3) is 3.96. The van der Waals surface area contributed by atoms with Crippen molar-refractivity contribution in [1.82, 2.24) is 0 Å². The maximum absolute atomic E-state index is 6.27. The van der Waals surface area contributed by atoms with E-state index in [4.69, 9.17) is 5.73 Å². The van der Waals surface area contributed by atoms with Crippen LogP contribution in [-0.2, 0) is 0 Å². The fourth-order valence-corrected chi connectivity index (χ4v) is 3.96. The van der Waals surface area contributed by atoms with Crippen molar-refractivity contribution in [1.29, 1.82) is 0 Å². The quantitative estimate of drug-likeness (QED) is 0.809. The molecule has 1 aliphatic carbocycles. The maximum atomic E-state index is 6.27. The van der Waals surface area contributed by atoms with Gasteiger partial charge in [0, 0.05) is 16.5 Å². The van der Waals surface area contributed by atoms with Crippen LogP contribution in [0, 0.1) is 11.3 Å². The van der Waals surface area contributed by atoms with Crippen molar-refractivity contribution in [2.24, 2.45) is 17.1 Å². The van der Waals surface area contributed by atoms with Gasteiger partial charge in [0.1, 0.15) is 0 Å². The molecular formula is C14H29NS. The number of nitrogens with two attached hydrogens (primary N) is 1. The summed E-state index contributed by atoms with van der Waals surface area (Å²) in [7, 11) is 0. The first-order valence-electron chi connectivity index (χ1n) is 6.75. The van der Waals surface area contributed by atoms with Crippen LogP contribution in [0.15, 0.2) is 0 Å². The van der Waals surface area contributed by atoms with Crippen LogP contribution in [-0.4, -0.2) is 16.5 Å². The molecule has 0 amide bonds. The number of hydrogen-bond donors (Lipinski definition) is 1. The standard InChI is InChI=1S/C14H29NS/c1-6-10(2)16-13-9-11(14(3,4)5)7-8-12(13)15/h10-13H,6-9,15H2,1-5H3. The molecule has 16 heavy (non-hydrogen) atoms. The van der Waals surface area contributed by atoms with E-state index in [9.17, 15) is 0 Å². The summed E-state index contributed by atoms with van der Waals surface area (Å²) in [5.74, 6) is 0.855. The summed E-state index contributed by atoms with van der Waals surface area (Å²) < 4.78 is 0. The molecule has 0 radical (unpaired) electrons. The van der Waals surface area contributed by atoms with Crippen molar-refractivity contribution in [3.05, 3.63) is 0 Å². The average molecular weight is 243 g/mol. The summed E-state index contributed by atoms with van der Waals surface area (Å²) in [5.41, 5.74) is 6.72. The Bertz CT molecular complexity index is 209. The second kappa shape index (κ2) is 5.77. The predicted molar refractivity (Wildman–Crippen MR) is 75.9 cm³/mol. The Morgan fingerprint density at radius 1 is 1.31 bits per heavy atom. The van der Waals surface area contributed by atoms with Crippen LogP contribution in [0.2, 0.25) is 0 Å². The van der Waals surface area contributed by atoms with Crippen LogP contribution in [0.3, 0.4) is 0 Å². The molecule has 1 aliphatic rings. The molecule has 4 unspecified atom stereocenters. The summed E-state index contributed by atoms with van der Waals surface area (Å²) >= 11 is 2.12. The van der Waals surface area contributed by atoms with Gasteiger partial charge in [0.2, 0.25) is 0 Å². The highest BCUT2D eigenvalue weighted by atomic mass is 32.2. The van der Waals surface area contributed by atoms with Gasteiger partial charge in [0.05, 0.1) is 0 Å². The molecule has 0 heterocycles. The third-order valence-corrected chi connectivity index (χ3v) is 5.74. The largest absolute Gasteiger partial charge is 0.327 e. The molecule has 2 heteroatoms. The van der Waals surface area contributed by atoms with Crippen LogP contribution in [0.5, 0.6) is 0 Å². The first kappa shape index (κ1) is 14.4. The number of thioether (sulfide) groups is 1. The smallest absolute Gasteiger partial charge is 0.0204 e. The zero-order valence-corrected chi connectivity index (χ0v) is 12.4. The van der Waals surface area contributed by atoms with Gasteiger partial charge in [0.25, 0.3) is 0 Å². The lowest BCUT2D eigenvalue weighted by Crippen LogP contribution is -2.42. The first-order chi connectivity index (χ1) is 7.34. The summed E-state index contributed by atoms with van der Waals surface area (Å²) in [5, 5.41) is 1.45.